The van der Waals surface area contributed by atoms with Gasteiger partial charge in [-0.05, 0) is 35.4 Å². The Labute approximate surface area is 152 Å². The van der Waals surface area contributed by atoms with Gasteiger partial charge in [0.05, 0.1) is 43.3 Å². The topological polar surface area (TPSA) is 60.4 Å². The van der Waals surface area contributed by atoms with Crippen molar-refractivity contribution in [1.29, 1.82) is 0 Å². The van der Waals surface area contributed by atoms with Crippen molar-refractivity contribution in [2.45, 2.75) is 6.54 Å². The number of pyridine rings is 1. The van der Waals surface area contributed by atoms with E-state index in [0.717, 1.165) is 54.5 Å². The monoisotopic (exact) mass is 354 g/mol. The highest BCUT2D eigenvalue weighted by Gasteiger charge is 2.17. The number of fused-ring (bicyclic) bond motifs is 1. The van der Waals surface area contributed by atoms with Crippen LogP contribution in [0.4, 0.5) is 5.82 Å². The highest BCUT2D eigenvalue weighted by atomic mass is 35.5. The molecule has 0 aliphatic carbocycles. The van der Waals surface area contributed by atoms with Gasteiger partial charge in [-0.25, -0.2) is 4.98 Å². The van der Waals surface area contributed by atoms with Crippen LogP contribution in [0.2, 0.25) is 5.02 Å². The summed E-state index contributed by atoms with van der Waals surface area (Å²) in [6.45, 7) is 4.98. The summed E-state index contributed by atoms with van der Waals surface area (Å²) in [7, 11) is 0. The highest BCUT2D eigenvalue weighted by molar-refractivity contribution is 6.33. The van der Waals surface area contributed by atoms with Crippen LogP contribution in [0.15, 0.2) is 48.5 Å². The van der Waals surface area contributed by atoms with Crippen molar-refractivity contribution < 1.29 is 11.1 Å². The molecule has 128 valence electrons. The Morgan fingerprint density at radius 2 is 1.84 bits per heavy atom. The van der Waals surface area contributed by atoms with Crippen LogP contribution in [0.1, 0.15) is 5.56 Å². The fourth-order valence-corrected chi connectivity index (χ4v) is 3.69. The molecule has 0 saturated carbocycles. The van der Waals surface area contributed by atoms with Crippen LogP contribution in [0.3, 0.4) is 0 Å². The molecule has 0 atom stereocenters. The predicted octanol–water partition coefficient (Wildman–Crippen LogP) is 1.68. The van der Waals surface area contributed by atoms with E-state index in [1.165, 1.54) is 16.7 Å². The normalized spacial score (nSPS) is 14.9. The van der Waals surface area contributed by atoms with Crippen LogP contribution >= 0.6 is 11.6 Å². The van der Waals surface area contributed by atoms with Gasteiger partial charge in [-0.2, -0.15) is 0 Å². The maximum absolute atomic E-state index is 6.56. The summed E-state index contributed by atoms with van der Waals surface area (Å²) in [5, 5.41) is 4.14. The smallest absolute Gasteiger partial charge is 0.148 e. The molecule has 2 heterocycles. The first-order valence-corrected chi connectivity index (χ1v) is 9.18. The molecule has 0 bridgehead atoms. The molecule has 25 heavy (non-hydrogen) atoms. The molecule has 1 aliphatic rings. The van der Waals surface area contributed by atoms with Crippen LogP contribution in [-0.4, -0.2) is 31.2 Å². The first kappa shape index (κ1) is 16.3. The zero-order valence-electron chi connectivity index (χ0n) is 14.2. The largest absolute Gasteiger partial charge is 0.354 e. The van der Waals surface area contributed by atoms with Gasteiger partial charge >= 0.3 is 0 Å². The van der Waals surface area contributed by atoms with Crippen molar-refractivity contribution in [2.24, 2.45) is 0 Å². The van der Waals surface area contributed by atoms with Crippen LogP contribution < -0.4 is 16.0 Å². The molecule has 0 radical (unpaired) electrons. The molecule has 5 heteroatoms. The molecule has 0 spiro atoms. The Balaban J connectivity index is 1.73. The summed E-state index contributed by atoms with van der Waals surface area (Å²) in [4.78, 5) is 7.12. The second-order valence-corrected chi connectivity index (χ2v) is 6.91. The van der Waals surface area contributed by atoms with E-state index in [-0.39, 0.29) is 0 Å². The van der Waals surface area contributed by atoms with E-state index in [9.17, 15) is 0 Å². The summed E-state index contributed by atoms with van der Waals surface area (Å²) in [5.41, 5.74) is 8.59. The number of halogens is 1. The maximum atomic E-state index is 6.56. The van der Waals surface area contributed by atoms with Gasteiger partial charge in [0.25, 0.3) is 0 Å². The number of rotatable bonds is 3. The fraction of sp³-hybridized carbons (Fsp3) is 0.250. The molecule has 2 aromatic carbocycles. The minimum absolute atomic E-state index is 0.734. The predicted molar refractivity (Wildman–Crippen MR) is 103 cm³/mol. The zero-order valence-corrected chi connectivity index (χ0v) is 15.0. The third-order valence-corrected chi connectivity index (χ3v) is 5.08. The summed E-state index contributed by atoms with van der Waals surface area (Å²) in [6, 6.07) is 17.0. The molecule has 4 rings (SSSR count). The van der Waals surface area contributed by atoms with Crippen LogP contribution in [-0.2, 0) is 6.54 Å². The standard InChI is InChI=1S/C20H21ClN4/c21-18-12-17-11-16(15-3-1-2-14(10-15)13-22)4-5-19(17)24-20(18)25-8-6-23-7-9-25/h1-5,10-12,23H,6-9,13,22H2/p+2. The van der Waals surface area contributed by atoms with Gasteiger partial charge in [0.1, 0.15) is 5.82 Å². The SMILES string of the molecule is [NH3+]Cc1cccc(-c2ccc3nc(N4CC[NH2+]CC4)c(Cl)cc3c2)c1. The van der Waals surface area contributed by atoms with Crippen molar-refractivity contribution in [2.75, 3.05) is 31.1 Å². The third-order valence-electron chi connectivity index (χ3n) is 4.80. The number of nitrogens with two attached hydrogens (primary N) is 1. The number of hydrogen-bond acceptors (Lipinski definition) is 2. The molecule has 5 N–H and O–H groups in total. The lowest BCUT2D eigenvalue weighted by molar-refractivity contribution is -0.655. The molecule has 3 aromatic rings. The van der Waals surface area contributed by atoms with Gasteiger partial charge in [-0.1, -0.05) is 35.9 Å². The Bertz CT molecular complexity index is 903. The molecule has 4 nitrogen and oxygen atoms in total. The molecule has 0 amide bonds. The van der Waals surface area contributed by atoms with E-state index in [2.05, 4.69) is 58.4 Å². The van der Waals surface area contributed by atoms with Crippen molar-refractivity contribution >= 4 is 28.3 Å². The number of quaternary nitrogens is 2. The fourth-order valence-electron chi connectivity index (χ4n) is 3.41. The second-order valence-electron chi connectivity index (χ2n) is 6.50. The summed E-state index contributed by atoms with van der Waals surface area (Å²) in [6.07, 6.45) is 0. The minimum Gasteiger partial charge on any atom is -0.354 e. The molecule has 1 saturated heterocycles. The van der Waals surface area contributed by atoms with Gasteiger partial charge in [-0.3, -0.25) is 0 Å². The first-order valence-electron chi connectivity index (χ1n) is 8.80. The molecule has 0 unspecified atom stereocenters. The van der Waals surface area contributed by atoms with Crippen molar-refractivity contribution in [3.63, 3.8) is 0 Å². The van der Waals surface area contributed by atoms with Gasteiger partial charge in [0.15, 0.2) is 0 Å². The lowest BCUT2D eigenvalue weighted by Crippen LogP contribution is -2.89. The number of anilines is 1. The zero-order chi connectivity index (χ0) is 17.2. The van der Waals surface area contributed by atoms with Crippen LogP contribution in [0.25, 0.3) is 22.0 Å². The average Bonchev–Trinajstić information content (AvgIpc) is 2.67. The van der Waals surface area contributed by atoms with Crippen LogP contribution in [0, 0.1) is 0 Å². The molecular weight excluding hydrogens is 332 g/mol. The minimum atomic E-state index is 0.734. The van der Waals surface area contributed by atoms with E-state index in [1.54, 1.807) is 0 Å². The average molecular weight is 355 g/mol. The number of piperazine rings is 1. The molecule has 1 aliphatic heterocycles. The van der Waals surface area contributed by atoms with Gasteiger partial charge in [0.2, 0.25) is 0 Å². The summed E-state index contributed by atoms with van der Waals surface area (Å²) < 4.78 is 0. The number of aromatic nitrogens is 1. The van der Waals surface area contributed by atoms with Crippen molar-refractivity contribution in [3.8, 4) is 11.1 Å². The molecule has 1 fully saturated rings. The van der Waals surface area contributed by atoms with Crippen molar-refractivity contribution in [3.05, 3.63) is 59.1 Å². The first-order chi connectivity index (χ1) is 12.2. The summed E-state index contributed by atoms with van der Waals surface area (Å²) in [5.74, 6) is 0.911. The van der Waals surface area contributed by atoms with E-state index in [0.29, 0.717) is 0 Å². The van der Waals surface area contributed by atoms with E-state index < -0.39 is 0 Å². The second kappa shape index (κ2) is 7.00. The third kappa shape index (κ3) is 3.33. The van der Waals surface area contributed by atoms with Gasteiger partial charge in [-0.15, -0.1) is 0 Å². The highest BCUT2D eigenvalue weighted by Crippen LogP contribution is 2.30. The Hall–Kier alpha value is -2.14. The quantitative estimate of drug-likeness (QED) is 0.751. The van der Waals surface area contributed by atoms with E-state index in [1.807, 2.05) is 6.07 Å². The number of hydrogen-bond donors (Lipinski definition) is 2. The van der Waals surface area contributed by atoms with E-state index >= 15 is 0 Å². The summed E-state index contributed by atoms with van der Waals surface area (Å²) >= 11 is 6.56. The Morgan fingerprint density at radius 1 is 1.04 bits per heavy atom. The Kier molecular flexibility index (Phi) is 4.57. The van der Waals surface area contributed by atoms with Gasteiger partial charge < -0.3 is 16.0 Å². The number of nitrogens with zero attached hydrogens (tertiary/aromatic N) is 2. The lowest BCUT2D eigenvalue weighted by atomic mass is 10.0. The van der Waals surface area contributed by atoms with E-state index in [4.69, 9.17) is 16.6 Å². The maximum Gasteiger partial charge on any atom is 0.148 e. The number of benzene rings is 2. The lowest BCUT2D eigenvalue weighted by Gasteiger charge is -2.27. The van der Waals surface area contributed by atoms with Crippen LogP contribution in [0.5, 0.6) is 0 Å². The molecule has 1 aromatic heterocycles. The van der Waals surface area contributed by atoms with Gasteiger partial charge in [0, 0.05) is 10.9 Å². The Morgan fingerprint density at radius 3 is 2.64 bits per heavy atom. The molecular formula is C20H23ClN4+2. The van der Waals surface area contributed by atoms with Crippen molar-refractivity contribution in [1.82, 2.24) is 4.98 Å².